The minimum atomic E-state index is -1.68. The molecule has 1 saturated heterocycles. The van der Waals surface area contributed by atoms with Crippen molar-refractivity contribution in [1.82, 2.24) is 0 Å². The van der Waals surface area contributed by atoms with E-state index in [4.69, 9.17) is 14.2 Å². The molecular weight excluding hydrogens is 550 g/mol. The van der Waals surface area contributed by atoms with Gasteiger partial charge in [-0.3, -0.25) is 4.90 Å². The number of rotatable bonds is 11. The van der Waals surface area contributed by atoms with Crippen molar-refractivity contribution in [2.75, 3.05) is 13.2 Å². The number of benzene rings is 1. The molecule has 0 bridgehead atoms. The lowest BCUT2D eigenvalue weighted by Gasteiger charge is -2.42. The maximum Gasteiger partial charge on any atom is 0.335 e. The molecule has 0 aromatic heterocycles. The zero-order valence-corrected chi connectivity index (χ0v) is 22.6. The molecule has 0 amide bonds. The molecule has 12 heteroatoms. The van der Waals surface area contributed by atoms with Crippen LogP contribution in [0.4, 0.5) is 0 Å². The van der Waals surface area contributed by atoms with Crippen LogP contribution in [0.2, 0.25) is 0 Å². The number of ether oxygens (including phenoxy) is 3. The van der Waals surface area contributed by atoms with Crippen LogP contribution < -0.4 is 10.0 Å². The van der Waals surface area contributed by atoms with Gasteiger partial charge in [-0.2, -0.15) is 0 Å². The first-order valence-electron chi connectivity index (χ1n) is 13.5. The highest BCUT2D eigenvalue weighted by molar-refractivity contribution is 5.87. The Morgan fingerprint density at radius 2 is 1.88 bits per heavy atom. The zero-order valence-electron chi connectivity index (χ0n) is 22.6. The number of quaternary nitrogens is 1. The fourth-order valence-electron chi connectivity index (χ4n) is 5.25. The maximum atomic E-state index is 12.1. The summed E-state index contributed by atoms with van der Waals surface area (Å²) >= 11 is 0. The lowest BCUT2D eigenvalue weighted by Crippen LogP contribution is -3.14. The van der Waals surface area contributed by atoms with Crippen molar-refractivity contribution in [1.29, 1.82) is 0 Å². The molecule has 1 unspecified atom stereocenters. The van der Waals surface area contributed by atoms with E-state index in [9.17, 15) is 40.2 Å². The minimum absolute atomic E-state index is 0.0994. The monoisotopic (exact) mass is 585 g/mol. The number of allylic oxidation sites excluding steroid dienone is 3. The standard InChI is InChI=1S/C30H35NO11/c1-2-19-20(11-10-18-9-6-12-31(14-18)22(28(38)39)13-17-7-4-3-5-8-17)21(27(36)37)16-40-29(19)42-30-26(35)25(34)24(33)23(15-32)41-30/h2-12,16,19-20,22-26,29-30,32-35H,1,13-15H2,(H,36,37)(H,38,39)/b11-10+/t19-,20+,22-,23-,24-,25+,26-,29+,30+/m1/s1. The highest BCUT2D eigenvalue weighted by Gasteiger charge is 2.47. The van der Waals surface area contributed by atoms with E-state index in [0.29, 0.717) is 11.4 Å². The van der Waals surface area contributed by atoms with Crippen LogP contribution in [0.25, 0.3) is 0 Å². The van der Waals surface area contributed by atoms with Crippen LogP contribution in [0.5, 0.6) is 0 Å². The smallest absolute Gasteiger partial charge is 0.335 e. The summed E-state index contributed by atoms with van der Waals surface area (Å²) in [6.45, 7) is 3.44. The molecule has 6 N–H and O–H groups in total. The Kier molecular flexibility index (Phi) is 10.5. The van der Waals surface area contributed by atoms with E-state index in [2.05, 4.69) is 6.58 Å². The second-order valence-electron chi connectivity index (χ2n) is 10.3. The van der Waals surface area contributed by atoms with Gasteiger partial charge in [0.25, 0.3) is 0 Å². The van der Waals surface area contributed by atoms with Crippen LogP contribution >= 0.6 is 0 Å². The highest BCUT2D eigenvalue weighted by atomic mass is 16.8. The van der Waals surface area contributed by atoms with E-state index in [1.54, 1.807) is 30.5 Å². The van der Waals surface area contributed by atoms with E-state index in [1.165, 1.54) is 6.08 Å². The second-order valence-corrected chi connectivity index (χ2v) is 10.3. The summed E-state index contributed by atoms with van der Waals surface area (Å²) in [4.78, 5) is 24.7. The highest BCUT2D eigenvalue weighted by Crippen LogP contribution is 2.36. The van der Waals surface area contributed by atoms with Crippen molar-refractivity contribution in [2.24, 2.45) is 11.8 Å². The van der Waals surface area contributed by atoms with E-state index in [0.717, 1.165) is 17.4 Å². The molecule has 1 aromatic rings. The number of carboxylic acids is 2. The molecule has 226 valence electrons. The quantitative estimate of drug-likeness (QED) is 0.155. The summed E-state index contributed by atoms with van der Waals surface area (Å²) in [5, 5.41) is 61.9. The predicted molar refractivity (Wildman–Crippen MR) is 144 cm³/mol. The van der Waals surface area contributed by atoms with E-state index < -0.39 is 73.4 Å². The number of hydrogen-bond donors (Lipinski definition) is 6. The fourth-order valence-corrected chi connectivity index (χ4v) is 5.25. The van der Waals surface area contributed by atoms with Crippen molar-refractivity contribution in [3.63, 3.8) is 0 Å². The van der Waals surface area contributed by atoms with E-state index in [1.807, 2.05) is 30.3 Å². The Morgan fingerprint density at radius 3 is 2.52 bits per heavy atom. The molecule has 10 atom stereocenters. The van der Waals surface area contributed by atoms with Gasteiger partial charge in [-0.05, 0) is 17.7 Å². The first kappa shape index (κ1) is 31.3. The average Bonchev–Trinajstić information content (AvgIpc) is 2.99. The maximum absolute atomic E-state index is 12.1. The first-order chi connectivity index (χ1) is 20.1. The Hall–Kier alpha value is -3.62. The van der Waals surface area contributed by atoms with Crippen molar-refractivity contribution >= 4 is 11.9 Å². The second kappa shape index (κ2) is 14.0. The van der Waals surface area contributed by atoms with Crippen LogP contribution in [0.1, 0.15) is 5.56 Å². The first-order valence-corrected chi connectivity index (χ1v) is 13.5. The van der Waals surface area contributed by atoms with E-state index >= 15 is 0 Å². The van der Waals surface area contributed by atoms with Crippen LogP contribution in [0, 0.1) is 11.8 Å². The summed E-state index contributed by atoms with van der Waals surface area (Å²) in [6, 6.07) is 8.37. The molecule has 3 heterocycles. The average molecular weight is 586 g/mol. The van der Waals surface area contributed by atoms with Crippen LogP contribution in [0.15, 0.2) is 90.9 Å². The van der Waals surface area contributed by atoms with Crippen molar-refractivity contribution in [3.8, 4) is 0 Å². The molecule has 0 saturated carbocycles. The number of nitrogens with one attached hydrogen (secondary N) is 1. The number of carbonyl (C=O) groups is 2. The molecule has 1 fully saturated rings. The number of hydrogen-bond acceptors (Lipinski definition) is 10. The van der Waals surface area contributed by atoms with Gasteiger partial charge in [0.05, 0.1) is 36.5 Å². The molecule has 12 nitrogen and oxygen atoms in total. The summed E-state index contributed by atoms with van der Waals surface area (Å²) < 4.78 is 16.7. The molecule has 4 rings (SSSR count). The van der Waals surface area contributed by atoms with Crippen molar-refractivity contribution < 1.29 is 59.3 Å². The Labute approximate surface area is 242 Å². The third-order valence-electron chi connectivity index (χ3n) is 7.61. The third-order valence-corrected chi connectivity index (χ3v) is 7.61. The lowest BCUT2D eigenvalue weighted by molar-refractivity contribution is -0.862. The van der Waals surface area contributed by atoms with Gasteiger partial charge < -0.3 is 49.6 Å². The van der Waals surface area contributed by atoms with Crippen molar-refractivity contribution in [2.45, 2.75) is 49.5 Å². The van der Waals surface area contributed by atoms with Gasteiger partial charge in [0.2, 0.25) is 6.29 Å². The number of carboxylic acid groups (broad SMARTS) is 2. The summed E-state index contributed by atoms with van der Waals surface area (Å²) in [6.07, 6.45) is 2.46. The topological polar surface area (TPSA) is 190 Å². The fraction of sp³-hybridized carbons (Fsp3) is 0.400. The van der Waals surface area contributed by atoms with Gasteiger partial charge in [-0.25, -0.2) is 4.79 Å². The van der Waals surface area contributed by atoms with Crippen LogP contribution in [-0.4, -0.2) is 93.7 Å². The number of aliphatic carboxylic acids is 2. The van der Waals surface area contributed by atoms with Gasteiger partial charge in [0.15, 0.2) is 6.29 Å². The lowest BCUT2D eigenvalue weighted by atomic mass is 9.83. The molecule has 0 aliphatic carbocycles. The van der Waals surface area contributed by atoms with Crippen LogP contribution in [-0.2, 0) is 30.2 Å². The Balaban J connectivity index is 1.51. The molecule has 42 heavy (non-hydrogen) atoms. The largest absolute Gasteiger partial charge is 0.544 e. The van der Waals surface area contributed by atoms with Crippen molar-refractivity contribution in [3.05, 3.63) is 96.5 Å². The Morgan fingerprint density at radius 1 is 1.14 bits per heavy atom. The van der Waals surface area contributed by atoms with Gasteiger partial charge in [0.1, 0.15) is 37.0 Å². The number of aliphatic hydroxyl groups excluding tert-OH is 4. The Bertz CT molecular complexity index is 1240. The molecule has 3 aliphatic rings. The van der Waals surface area contributed by atoms with Gasteiger partial charge in [0, 0.05) is 17.9 Å². The summed E-state index contributed by atoms with van der Waals surface area (Å²) in [7, 11) is 0. The molecule has 0 radical (unpaired) electrons. The SMILES string of the molecule is C=C[C@H]1[C@H](O[C@@H]2O[C@H](CO)[C@@H](O)[C@H](O)[C@H]2O)OC=C(C(=O)O)[C@H]1/C=C/C1=CC=C[NH+]([C@H](Cc2ccccc2)C(=O)[O-])C1. The molecular formula is C30H35NO11. The number of aliphatic hydroxyl groups is 4. The van der Waals surface area contributed by atoms with E-state index in [-0.39, 0.29) is 12.0 Å². The van der Waals surface area contributed by atoms with Gasteiger partial charge in [-0.1, -0.05) is 48.6 Å². The zero-order chi connectivity index (χ0) is 30.4. The summed E-state index contributed by atoms with van der Waals surface area (Å²) in [5.41, 5.74) is 1.49. The normalized spacial score (nSPS) is 33.8. The van der Waals surface area contributed by atoms with Crippen LogP contribution in [0.3, 0.4) is 0 Å². The van der Waals surface area contributed by atoms with Gasteiger partial charge >= 0.3 is 5.97 Å². The van der Waals surface area contributed by atoms with Gasteiger partial charge in [-0.15, -0.1) is 6.58 Å². The third kappa shape index (κ3) is 7.05. The summed E-state index contributed by atoms with van der Waals surface area (Å²) in [5.74, 6) is -4.06. The molecule has 0 spiro atoms. The molecule has 1 aromatic carbocycles. The number of carbonyl (C=O) groups excluding carboxylic acids is 1. The predicted octanol–water partition coefficient (Wildman–Crippen LogP) is -2.20. The minimum Gasteiger partial charge on any atom is -0.544 e. The molecule has 3 aliphatic heterocycles.